The van der Waals surface area contributed by atoms with Crippen molar-refractivity contribution in [3.8, 4) is 0 Å². The first-order valence-corrected chi connectivity index (χ1v) is 8.88. The van der Waals surface area contributed by atoms with Crippen LogP contribution in [0.2, 0.25) is 0 Å². The average molecular weight is 328 g/mol. The second kappa shape index (κ2) is 6.81. The minimum absolute atomic E-state index is 0.0300. The van der Waals surface area contributed by atoms with Gasteiger partial charge in [0, 0.05) is 24.3 Å². The van der Waals surface area contributed by atoms with E-state index < -0.39 is 0 Å². The molecule has 4 rings (SSSR count). The van der Waals surface area contributed by atoms with E-state index in [-0.39, 0.29) is 5.91 Å². The molecule has 0 bridgehead atoms. The van der Waals surface area contributed by atoms with Gasteiger partial charge >= 0.3 is 0 Å². The quantitative estimate of drug-likeness (QED) is 0.882. The predicted molar refractivity (Wildman–Crippen MR) is 89.7 cm³/mol. The molecule has 1 atom stereocenters. The van der Waals surface area contributed by atoms with Crippen molar-refractivity contribution in [3.63, 3.8) is 0 Å². The number of carbonyl (C=O) groups excluding carboxylic acids is 1. The lowest BCUT2D eigenvalue weighted by Gasteiger charge is -2.32. The molecular formula is C18H24N4O2. The number of nitrogens with one attached hydrogen (secondary N) is 2. The van der Waals surface area contributed by atoms with Crippen molar-refractivity contribution >= 4 is 5.91 Å². The molecule has 2 aromatic rings. The van der Waals surface area contributed by atoms with Crippen molar-refractivity contribution in [2.24, 2.45) is 5.92 Å². The number of likely N-dealkylation sites (tertiary alicyclic amines) is 1. The fourth-order valence-corrected chi connectivity index (χ4v) is 3.91. The molecule has 1 fully saturated rings. The Morgan fingerprint density at radius 3 is 3.25 bits per heavy atom. The number of fused-ring (bicyclic) bond motifs is 1. The Hall–Kier alpha value is -2.08. The number of hydrogen-bond donors (Lipinski definition) is 2. The number of aromatic nitrogens is 2. The number of rotatable bonds is 5. The highest BCUT2D eigenvalue weighted by Crippen LogP contribution is 2.23. The highest BCUT2D eigenvalue weighted by molar-refractivity contribution is 5.94. The lowest BCUT2D eigenvalue weighted by atomic mass is 9.98. The van der Waals surface area contributed by atoms with Crippen molar-refractivity contribution in [1.82, 2.24) is 20.4 Å². The molecule has 0 aromatic carbocycles. The van der Waals surface area contributed by atoms with E-state index in [0.717, 1.165) is 68.9 Å². The van der Waals surface area contributed by atoms with Crippen molar-refractivity contribution in [2.75, 3.05) is 19.6 Å². The van der Waals surface area contributed by atoms with Crippen molar-refractivity contribution in [1.29, 1.82) is 0 Å². The summed E-state index contributed by atoms with van der Waals surface area (Å²) in [6.45, 7) is 3.66. The van der Waals surface area contributed by atoms with Crippen LogP contribution in [0.4, 0.5) is 0 Å². The number of hydrogen-bond acceptors (Lipinski definition) is 4. The number of nitrogens with zero attached hydrogens (tertiary/aromatic N) is 2. The molecule has 1 aliphatic carbocycles. The summed E-state index contributed by atoms with van der Waals surface area (Å²) >= 11 is 0. The fraction of sp³-hybridized carbons (Fsp3) is 0.556. The molecule has 3 heterocycles. The van der Waals surface area contributed by atoms with E-state index in [1.165, 1.54) is 6.42 Å². The first-order valence-electron chi connectivity index (χ1n) is 8.88. The fourth-order valence-electron chi connectivity index (χ4n) is 3.91. The largest absolute Gasteiger partial charge is 0.468 e. The van der Waals surface area contributed by atoms with E-state index >= 15 is 0 Å². The second-order valence-electron chi connectivity index (χ2n) is 6.92. The standard InChI is InChI=1S/C18H24N4O2/c23-18(17-15-6-1-7-16(15)20-21-17)19-10-13-4-2-8-22(11-13)12-14-5-3-9-24-14/h3,5,9,13H,1-2,4,6-8,10-12H2,(H,19,23)(H,20,21)/t13-/m0/s1. The van der Waals surface area contributed by atoms with Gasteiger partial charge in [-0.05, 0) is 56.7 Å². The van der Waals surface area contributed by atoms with Crippen LogP contribution in [-0.4, -0.2) is 40.6 Å². The van der Waals surface area contributed by atoms with Crippen LogP contribution in [0.1, 0.15) is 46.8 Å². The van der Waals surface area contributed by atoms with E-state index in [0.29, 0.717) is 11.6 Å². The SMILES string of the molecule is O=C(NC[C@@H]1CCCN(Cc2ccco2)C1)c1n[nH]c2c1CCC2. The summed E-state index contributed by atoms with van der Waals surface area (Å²) in [5, 5.41) is 10.3. The van der Waals surface area contributed by atoms with Gasteiger partial charge in [0.2, 0.25) is 0 Å². The molecule has 2 aromatic heterocycles. The van der Waals surface area contributed by atoms with E-state index in [4.69, 9.17) is 4.42 Å². The third-order valence-electron chi connectivity index (χ3n) is 5.14. The maximum Gasteiger partial charge on any atom is 0.272 e. The molecule has 0 saturated carbocycles. The maximum absolute atomic E-state index is 12.4. The zero-order valence-corrected chi connectivity index (χ0v) is 13.9. The van der Waals surface area contributed by atoms with Crippen LogP contribution in [0.25, 0.3) is 0 Å². The Bertz CT molecular complexity index is 692. The summed E-state index contributed by atoms with van der Waals surface area (Å²) in [6, 6.07) is 3.95. The Balaban J connectivity index is 1.29. The van der Waals surface area contributed by atoms with Gasteiger partial charge < -0.3 is 9.73 Å². The monoisotopic (exact) mass is 328 g/mol. The molecule has 6 nitrogen and oxygen atoms in total. The third kappa shape index (κ3) is 3.24. The van der Waals surface area contributed by atoms with Crippen LogP contribution in [-0.2, 0) is 19.4 Å². The van der Waals surface area contributed by atoms with Gasteiger partial charge in [0.25, 0.3) is 5.91 Å². The Morgan fingerprint density at radius 2 is 2.38 bits per heavy atom. The number of piperidine rings is 1. The van der Waals surface area contributed by atoms with Crippen LogP contribution in [0.15, 0.2) is 22.8 Å². The van der Waals surface area contributed by atoms with Crippen molar-refractivity contribution in [2.45, 2.75) is 38.6 Å². The van der Waals surface area contributed by atoms with Crippen LogP contribution in [0, 0.1) is 5.92 Å². The van der Waals surface area contributed by atoms with E-state index in [9.17, 15) is 4.79 Å². The molecule has 2 aliphatic rings. The average Bonchev–Trinajstić information content (AvgIpc) is 3.30. The van der Waals surface area contributed by atoms with Gasteiger partial charge in [-0.1, -0.05) is 0 Å². The van der Waals surface area contributed by atoms with Gasteiger partial charge in [-0.2, -0.15) is 5.10 Å². The number of carbonyl (C=O) groups is 1. The topological polar surface area (TPSA) is 74.2 Å². The third-order valence-corrected chi connectivity index (χ3v) is 5.14. The van der Waals surface area contributed by atoms with Crippen molar-refractivity contribution < 1.29 is 9.21 Å². The number of furan rings is 1. The number of aromatic amines is 1. The van der Waals surface area contributed by atoms with Crippen LogP contribution >= 0.6 is 0 Å². The Labute approximate surface area is 141 Å². The van der Waals surface area contributed by atoms with Crippen molar-refractivity contribution in [3.05, 3.63) is 41.1 Å². The molecule has 1 saturated heterocycles. The lowest BCUT2D eigenvalue weighted by molar-refractivity contribution is 0.0922. The van der Waals surface area contributed by atoms with E-state index in [1.54, 1.807) is 6.26 Å². The summed E-state index contributed by atoms with van der Waals surface area (Å²) < 4.78 is 5.44. The zero-order valence-electron chi connectivity index (χ0n) is 13.9. The summed E-state index contributed by atoms with van der Waals surface area (Å²) in [6.07, 6.45) is 7.15. The minimum Gasteiger partial charge on any atom is -0.468 e. The van der Waals surface area contributed by atoms with E-state index in [1.807, 2.05) is 12.1 Å². The molecule has 1 aliphatic heterocycles. The molecule has 6 heteroatoms. The van der Waals surface area contributed by atoms with Crippen LogP contribution in [0.5, 0.6) is 0 Å². The van der Waals surface area contributed by atoms with Gasteiger partial charge in [-0.25, -0.2) is 0 Å². The maximum atomic E-state index is 12.4. The van der Waals surface area contributed by atoms with Gasteiger partial charge in [0.1, 0.15) is 5.76 Å². The molecule has 24 heavy (non-hydrogen) atoms. The Morgan fingerprint density at radius 1 is 1.42 bits per heavy atom. The summed E-state index contributed by atoms with van der Waals surface area (Å²) in [5.41, 5.74) is 2.86. The highest BCUT2D eigenvalue weighted by Gasteiger charge is 2.25. The molecule has 128 valence electrons. The van der Waals surface area contributed by atoms with E-state index in [2.05, 4.69) is 20.4 Å². The molecule has 1 amide bonds. The lowest BCUT2D eigenvalue weighted by Crippen LogP contribution is -2.40. The van der Waals surface area contributed by atoms with Crippen LogP contribution < -0.4 is 5.32 Å². The molecule has 0 spiro atoms. The second-order valence-corrected chi connectivity index (χ2v) is 6.92. The summed E-state index contributed by atoms with van der Waals surface area (Å²) in [4.78, 5) is 14.8. The normalized spacial score (nSPS) is 20.9. The van der Waals surface area contributed by atoms with Gasteiger partial charge in [-0.3, -0.25) is 14.8 Å². The number of aryl methyl sites for hydroxylation is 1. The smallest absolute Gasteiger partial charge is 0.272 e. The van der Waals surface area contributed by atoms with Gasteiger partial charge in [0.15, 0.2) is 5.69 Å². The molecule has 2 N–H and O–H groups in total. The predicted octanol–water partition coefficient (Wildman–Crippen LogP) is 2.13. The number of H-pyrrole nitrogens is 1. The first-order chi connectivity index (χ1) is 11.8. The zero-order chi connectivity index (χ0) is 16.4. The van der Waals surface area contributed by atoms with Gasteiger partial charge in [0.05, 0.1) is 12.8 Å². The van der Waals surface area contributed by atoms with Gasteiger partial charge in [-0.15, -0.1) is 0 Å². The molecule has 0 radical (unpaired) electrons. The van der Waals surface area contributed by atoms with Crippen LogP contribution in [0.3, 0.4) is 0 Å². The highest BCUT2D eigenvalue weighted by atomic mass is 16.3. The first kappa shape index (κ1) is 15.4. The summed E-state index contributed by atoms with van der Waals surface area (Å²) in [5.74, 6) is 1.47. The Kier molecular flexibility index (Phi) is 4.38. The number of amides is 1. The molecule has 0 unspecified atom stereocenters. The summed E-state index contributed by atoms with van der Waals surface area (Å²) in [7, 11) is 0. The minimum atomic E-state index is -0.0300. The molecular weight excluding hydrogens is 304 g/mol.